The molecular weight excluding hydrogens is 220 g/mol. The van der Waals surface area contributed by atoms with Crippen molar-refractivity contribution in [3.05, 3.63) is 11.8 Å². The van der Waals surface area contributed by atoms with E-state index >= 15 is 0 Å². The molecule has 0 aromatic heterocycles. The number of ether oxygens (including phenoxy) is 1. The Hall–Kier alpha value is -0.773. The van der Waals surface area contributed by atoms with E-state index in [0.717, 1.165) is 18.6 Å². The van der Waals surface area contributed by atoms with E-state index in [1.165, 1.54) is 7.11 Å². The average molecular weight is 242 g/mol. The van der Waals surface area contributed by atoms with Crippen molar-refractivity contribution in [3.8, 4) is 0 Å². The molecule has 0 spiro atoms. The lowest BCUT2D eigenvalue weighted by Gasteiger charge is -2.19. The molecule has 0 amide bonds. The standard InChI is InChI=1S/C12H22O3Si/c1-9(12(13)14-2)10-6-7-11(8-10)15-16(3,4)5/h8-10H,6-7H2,1-5H3. The van der Waals surface area contributed by atoms with Gasteiger partial charge in [0.25, 0.3) is 0 Å². The molecule has 2 atom stereocenters. The van der Waals surface area contributed by atoms with Gasteiger partial charge in [-0.2, -0.15) is 0 Å². The number of methoxy groups -OCH3 is 1. The first-order valence-corrected chi connectivity index (χ1v) is 9.22. The summed E-state index contributed by atoms with van der Waals surface area (Å²) in [5, 5.41) is 0. The second-order valence-electron chi connectivity index (χ2n) is 5.36. The van der Waals surface area contributed by atoms with Crippen molar-refractivity contribution in [2.24, 2.45) is 11.8 Å². The zero-order valence-electron chi connectivity index (χ0n) is 10.9. The van der Waals surface area contributed by atoms with Crippen LogP contribution in [-0.4, -0.2) is 21.4 Å². The topological polar surface area (TPSA) is 35.5 Å². The fraction of sp³-hybridized carbons (Fsp3) is 0.750. The summed E-state index contributed by atoms with van der Waals surface area (Å²) in [6.07, 6.45) is 4.06. The molecule has 92 valence electrons. The Labute approximate surface area is 99.0 Å². The molecular formula is C12H22O3Si. The number of hydrogen-bond acceptors (Lipinski definition) is 3. The van der Waals surface area contributed by atoms with Crippen LogP contribution in [0.15, 0.2) is 11.8 Å². The molecule has 0 N–H and O–H groups in total. The molecule has 1 aliphatic rings. The molecule has 0 aromatic rings. The molecule has 0 heterocycles. The van der Waals surface area contributed by atoms with Crippen LogP contribution in [0.5, 0.6) is 0 Å². The van der Waals surface area contributed by atoms with Gasteiger partial charge in [-0.1, -0.05) is 6.92 Å². The summed E-state index contributed by atoms with van der Waals surface area (Å²) in [6.45, 7) is 8.44. The van der Waals surface area contributed by atoms with Gasteiger partial charge in [0.2, 0.25) is 8.32 Å². The molecule has 3 nitrogen and oxygen atoms in total. The zero-order chi connectivity index (χ0) is 12.3. The van der Waals surface area contributed by atoms with Crippen LogP contribution in [0.2, 0.25) is 19.6 Å². The second kappa shape index (κ2) is 5.04. The predicted octanol–water partition coefficient (Wildman–Crippen LogP) is 2.94. The van der Waals surface area contributed by atoms with Crippen LogP contribution in [0.3, 0.4) is 0 Å². The molecule has 0 saturated carbocycles. The number of carbonyl (C=O) groups excluding carboxylic acids is 1. The monoisotopic (exact) mass is 242 g/mol. The van der Waals surface area contributed by atoms with E-state index in [-0.39, 0.29) is 17.8 Å². The second-order valence-corrected chi connectivity index (χ2v) is 9.79. The van der Waals surface area contributed by atoms with Crippen LogP contribution in [0.4, 0.5) is 0 Å². The van der Waals surface area contributed by atoms with Crippen LogP contribution in [0.25, 0.3) is 0 Å². The molecule has 2 unspecified atom stereocenters. The number of allylic oxidation sites excluding steroid dienone is 2. The third-order valence-electron chi connectivity index (χ3n) is 2.78. The van der Waals surface area contributed by atoms with Gasteiger partial charge in [0.1, 0.15) is 0 Å². The fourth-order valence-corrected chi connectivity index (χ4v) is 2.90. The van der Waals surface area contributed by atoms with E-state index in [4.69, 9.17) is 9.16 Å². The normalized spacial score (nSPS) is 22.6. The molecule has 0 aromatic carbocycles. The summed E-state index contributed by atoms with van der Waals surface area (Å²) in [5.41, 5.74) is 0. The van der Waals surface area contributed by atoms with Gasteiger partial charge in [-0.25, -0.2) is 0 Å². The number of esters is 1. The fourth-order valence-electron chi connectivity index (χ4n) is 1.95. The van der Waals surface area contributed by atoms with Crippen molar-refractivity contribution in [3.63, 3.8) is 0 Å². The van der Waals surface area contributed by atoms with Gasteiger partial charge < -0.3 is 9.16 Å². The van der Waals surface area contributed by atoms with E-state index in [1.54, 1.807) is 0 Å². The maximum atomic E-state index is 11.4. The lowest BCUT2D eigenvalue weighted by Crippen LogP contribution is -2.24. The quantitative estimate of drug-likeness (QED) is 0.561. The van der Waals surface area contributed by atoms with Crippen molar-refractivity contribution in [1.29, 1.82) is 0 Å². The van der Waals surface area contributed by atoms with E-state index in [0.29, 0.717) is 0 Å². The molecule has 0 radical (unpaired) electrons. The van der Waals surface area contributed by atoms with Gasteiger partial charge in [0.15, 0.2) is 0 Å². The molecule has 1 aliphatic carbocycles. The highest BCUT2D eigenvalue weighted by Gasteiger charge is 2.29. The van der Waals surface area contributed by atoms with Crippen molar-refractivity contribution in [2.75, 3.05) is 7.11 Å². The Morgan fingerprint density at radius 3 is 2.62 bits per heavy atom. The summed E-state index contributed by atoms with van der Waals surface area (Å²) in [7, 11) is -0.0651. The Kier molecular flexibility index (Phi) is 4.19. The molecule has 4 heteroatoms. The number of rotatable bonds is 4. The first-order valence-electron chi connectivity index (χ1n) is 5.81. The lowest BCUT2D eigenvalue weighted by molar-refractivity contribution is -0.146. The Bertz CT molecular complexity index is 291. The van der Waals surface area contributed by atoms with E-state index in [1.807, 2.05) is 6.92 Å². The van der Waals surface area contributed by atoms with Crippen molar-refractivity contribution < 1.29 is 14.0 Å². The maximum Gasteiger partial charge on any atom is 0.308 e. The van der Waals surface area contributed by atoms with E-state index in [9.17, 15) is 4.79 Å². The molecule has 0 saturated heterocycles. The molecule has 16 heavy (non-hydrogen) atoms. The van der Waals surface area contributed by atoms with Crippen LogP contribution in [0, 0.1) is 11.8 Å². The molecule has 0 bridgehead atoms. The third-order valence-corrected chi connectivity index (χ3v) is 3.65. The summed E-state index contributed by atoms with van der Waals surface area (Å²) in [4.78, 5) is 11.4. The van der Waals surface area contributed by atoms with Gasteiger partial charge in [-0.05, 0) is 38.1 Å². The SMILES string of the molecule is COC(=O)C(C)C1C=C(O[Si](C)(C)C)CC1. The highest BCUT2D eigenvalue weighted by Crippen LogP contribution is 2.32. The number of hydrogen-bond donors (Lipinski definition) is 0. The first kappa shape index (κ1) is 13.3. The van der Waals surface area contributed by atoms with Crippen molar-refractivity contribution in [1.82, 2.24) is 0 Å². The largest absolute Gasteiger partial charge is 0.548 e. The number of carbonyl (C=O) groups is 1. The molecule has 1 rings (SSSR count). The summed E-state index contributed by atoms with van der Waals surface area (Å²) < 4.78 is 10.7. The van der Waals surface area contributed by atoms with Crippen LogP contribution >= 0.6 is 0 Å². The smallest absolute Gasteiger partial charge is 0.308 e. The van der Waals surface area contributed by atoms with E-state index in [2.05, 4.69) is 25.7 Å². The highest BCUT2D eigenvalue weighted by atomic mass is 28.4. The Morgan fingerprint density at radius 2 is 2.12 bits per heavy atom. The average Bonchev–Trinajstić information content (AvgIpc) is 2.61. The lowest BCUT2D eigenvalue weighted by atomic mass is 9.94. The first-order chi connectivity index (χ1) is 7.33. The summed E-state index contributed by atoms with van der Waals surface area (Å²) >= 11 is 0. The Balaban J connectivity index is 2.58. The van der Waals surface area contributed by atoms with Crippen LogP contribution in [0.1, 0.15) is 19.8 Å². The van der Waals surface area contributed by atoms with Crippen LogP contribution in [-0.2, 0) is 14.0 Å². The minimum atomic E-state index is -1.51. The zero-order valence-corrected chi connectivity index (χ0v) is 11.9. The van der Waals surface area contributed by atoms with Crippen molar-refractivity contribution >= 4 is 14.3 Å². The van der Waals surface area contributed by atoms with Crippen molar-refractivity contribution in [2.45, 2.75) is 39.4 Å². The molecule has 0 fully saturated rings. The van der Waals surface area contributed by atoms with Gasteiger partial charge in [0.05, 0.1) is 18.8 Å². The minimum absolute atomic E-state index is 0.0623. The predicted molar refractivity (Wildman–Crippen MR) is 66.4 cm³/mol. The summed E-state index contributed by atoms with van der Waals surface area (Å²) in [6, 6.07) is 0. The molecule has 0 aliphatic heterocycles. The van der Waals surface area contributed by atoms with Gasteiger partial charge in [-0.3, -0.25) is 4.79 Å². The maximum absolute atomic E-state index is 11.4. The highest BCUT2D eigenvalue weighted by molar-refractivity contribution is 6.70. The summed E-state index contributed by atoms with van der Waals surface area (Å²) in [5.74, 6) is 1.15. The third kappa shape index (κ3) is 3.67. The minimum Gasteiger partial charge on any atom is -0.548 e. The van der Waals surface area contributed by atoms with Crippen LogP contribution < -0.4 is 0 Å². The van der Waals surface area contributed by atoms with Gasteiger partial charge in [0, 0.05) is 6.42 Å². The van der Waals surface area contributed by atoms with E-state index < -0.39 is 8.32 Å². The van der Waals surface area contributed by atoms with Gasteiger partial charge in [-0.15, -0.1) is 0 Å². The Morgan fingerprint density at radius 1 is 1.50 bits per heavy atom. The van der Waals surface area contributed by atoms with Gasteiger partial charge >= 0.3 is 5.97 Å².